The highest BCUT2D eigenvalue weighted by Gasteiger charge is 2.13. The van der Waals surface area contributed by atoms with Crippen LogP contribution in [0, 0.1) is 0 Å². The summed E-state index contributed by atoms with van der Waals surface area (Å²) in [6.07, 6.45) is 3.79. The molecule has 0 aliphatic carbocycles. The molecule has 0 aliphatic rings. The third kappa shape index (κ3) is 4.42. The van der Waals surface area contributed by atoms with Gasteiger partial charge in [-0.15, -0.1) is 11.3 Å². The zero-order valence-corrected chi connectivity index (χ0v) is 12.1. The fourth-order valence-electron chi connectivity index (χ4n) is 2.10. The third-order valence-electron chi connectivity index (χ3n) is 3.12. The van der Waals surface area contributed by atoms with Gasteiger partial charge in [0.25, 0.3) is 0 Å². The van der Waals surface area contributed by atoms with E-state index in [1.807, 2.05) is 17.6 Å². The molecular weight excluding hydrogens is 254 g/mol. The largest absolute Gasteiger partial charge is 0.326 e. The Labute approximate surface area is 118 Å². The standard InChI is InChI=1S/C15H21N3S/c1-2-14(15-17-8-9-19-15)18-11-13(16)10-12-6-4-3-5-7-12/h3-9,13-14,18H,2,10-11,16H2,1H3. The van der Waals surface area contributed by atoms with E-state index in [0.717, 1.165) is 24.4 Å². The lowest BCUT2D eigenvalue weighted by atomic mass is 10.1. The maximum Gasteiger partial charge on any atom is 0.109 e. The second-order valence-corrected chi connectivity index (χ2v) is 5.62. The van der Waals surface area contributed by atoms with Crippen LogP contribution in [0.15, 0.2) is 41.9 Å². The van der Waals surface area contributed by atoms with E-state index in [0.29, 0.717) is 6.04 Å². The molecule has 0 saturated carbocycles. The molecule has 2 unspecified atom stereocenters. The molecule has 0 aliphatic heterocycles. The van der Waals surface area contributed by atoms with E-state index in [2.05, 4.69) is 41.5 Å². The van der Waals surface area contributed by atoms with Gasteiger partial charge in [0.15, 0.2) is 0 Å². The Kier molecular flexibility index (Phi) is 5.51. The van der Waals surface area contributed by atoms with Crippen molar-refractivity contribution in [2.24, 2.45) is 5.73 Å². The van der Waals surface area contributed by atoms with Crippen molar-refractivity contribution in [3.63, 3.8) is 0 Å². The van der Waals surface area contributed by atoms with Gasteiger partial charge in [-0.1, -0.05) is 37.3 Å². The summed E-state index contributed by atoms with van der Waals surface area (Å²) in [5.41, 5.74) is 7.47. The molecule has 4 heteroatoms. The maximum atomic E-state index is 6.18. The fourth-order valence-corrected chi connectivity index (χ4v) is 2.89. The monoisotopic (exact) mass is 275 g/mol. The molecule has 2 rings (SSSR count). The molecule has 3 nitrogen and oxygen atoms in total. The number of nitrogens with zero attached hydrogens (tertiary/aromatic N) is 1. The van der Waals surface area contributed by atoms with Crippen molar-refractivity contribution in [1.29, 1.82) is 0 Å². The molecular formula is C15H21N3S. The molecule has 0 spiro atoms. The van der Waals surface area contributed by atoms with Crippen LogP contribution in [0.4, 0.5) is 0 Å². The molecule has 102 valence electrons. The van der Waals surface area contributed by atoms with Gasteiger partial charge in [0.1, 0.15) is 5.01 Å². The minimum Gasteiger partial charge on any atom is -0.326 e. The zero-order chi connectivity index (χ0) is 13.5. The summed E-state index contributed by atoms with van der Waals surface area (Å²) in [5, 5.41) is 6.68. The lowest BCUT2D eigenvalue weighted by Gasteiger charge is -2.18. The highest BCUT2D eigenvalue weighted by molar-refractivity contribution is 7.09. The van der Waals surface area contributed by atoms with Crippen LogP contribution in [0.5, 0.6) is 0 Å². The molecule has 1 aromatic carbocycles. The molecule has 19 heavy (non-hydrogen) atoms. The number of benzene rings is 1. The Bertz CT molecular complexity index is 456. The second kappa shape index (κ2) is 7.38. The second-order valence-electron chi connectivity index (χ2n) is 4.69. The average molecular weight is 275 g/mol. The summed E-state index contributed by atoms with van der Waals surface area (Å²) < 4.78 is 0. The Morgan fingerprint density at radius 3 is 2.74 bits per heavy atom. The number of nitrogens with two attached hydrogens (primary N) is 1. The third-order valence-corrected chi connectivity index (χ3v) is 4.01. The smallest absolute Gasteiger partial charge is 0.109 e. The highest BCUT2D eigenvalue weighted by atomic mass is 32.1. The summed E-state index contributed by atoms with van der Waals surface area (Å²) in [5.74, 6) is 0. The van der Waals surface area contributed by atoms with Gasteiger partial charge in [-0.2, -0.15) is 0 Å². The predicted molar refractivity (Wildman–Crippen MR) is 81.3 cm³/mol. The summed E-state index contributed by atoms with van der Waals surface area (Å²) in [7, 11) is 0. The number of hydrogen-bond acceptors (Lipinski definition) is 4. The Morgan fingerprint density at radius 1 is 1.32 bits per heavy atom. The highest BCUT2D eigenvalue weighted by Crippen LogP contribution is 2.18. The van der Waals surface area contributed by atoms with Crippen LogP contribution in [-0.2, 0) is 6.42 Å². The minimum absolute atomic E-state index is 0.136. The first kappa shape index (κ1) is 14.2. The Balaban J connectivity index is 1.81. The molecule has 3 N–H and O–H groups in total. The normalized spacial score (nSPS) is 14.2. The predicted octanol–water partition coefficient (Wildman–Crippen LogP) is 2.75. The van der Waals surface area contributed by atoms with Crippen molar-refractivity contribution in [3.05, 3.63) is 52.5 Å². The van der Waals surface area contributed by atoms with Crippen LogP contribution < -0.4 is 11.1 Å². The SMILES string of the molecule is CCC(NCC(N)Cc1ccccc1)c1nccs1. The number of hydrogen-bond donors (Lipinski definition) is 2. The average Bonchev–Trinajstić information content (AvgIpc) is 2.95. The van der Waals surface area contributed by atoms with Gasteiger partial charge < -0.3 is 11.1 Å². The van der Waals surface area contributed by atoms with Gasteiger partial charge in [0.05, 0.1) is 6.04 Å². The van der Waals surface area contributed by atoms with E-state index < -0.39 is 0 Å². The molecule has 0 fully saturated rings. The first-order valence-electron chi connectivity index (χ1n) is 6.72. The summed E-state index contributed by atoms with van der Waals surface area (Å²) in [6, 6.07) is 10.8. The van der Waals surface area contributed by atoms with Crippen molar-refractivity contribution >= 4 is 11.3 Å². The summed E-state index contributed by atoms with van der Waals surface area (Å²) in [6.45, 7) is 2.98. The van der Waals surface area contributed by atoms with Crippen molar-refractivity contribution in [3.8, 4) is 0 Å². The molecule has 0 radical (unpaired) electrons. The van der Waals surface area contributed by atoms with E-state index in [4.69, 9.17) is 5.73 Å². The van der Waals surface area contributed by atoms with Gasteiger partial charge >= 0.3 is 0 Å². The summed E-state index contributed by atoms with van der Waals surface area (Å²) in [4.78, 5) is 4.36. The Morgan fingerprint density at radius 2 is 2.11 bits per heavy atom. The van der Waals surface area contributed by atoms with Gasteiger partial charge in [-0.3, -0.25) is 0 Å². The van der Waals surface area contributed by atoms with Crippen molar-refractivity contribution in [2.75, 3.05) is 6.54 Å². The molecule has 1 aromatic heterocycles. The number of aromatic nitrogens is 1. The quantitative estimate of drug-likeness (QED) is 0.817. The van der Waals surface area contributed by atoms with E-state index in [1.54, 1.807) is 11.3 Å². The Hall–Kier alpha value is -1.23. The van der Waals surface area contributed by atoms with Gasteiger partial charge in [0.2, 0.25) is 0 Å². The van der Waals surface area contributed by atoms with Crippen molar-refractivity contribution in [2.45, 2.75) is 31.8 Å². The van der Waals surface area contributed by atoms with Crippen LogP contribution in [-0.4, -0.2) is 17.6 Å². The molecule has 0 amide bonds. The van der Waals surface area contributed by atoms with Crippen molar-refractivity contribution < 1.29 is 0 Å². The molecule has 2 atom stereocenters. The molecule has 0 bridgehead atoms. The molecule has 1 heterocycles. The van der Waals surface area contributed by atoms with Crippen LogP contribution in [0.1, 0.15) is 30.0 Å². The first-order chi connectivity index (χ1) is 9.29. The van der Waals surface area contributed by atoms with Gasteiger partial charge in [-0.05, 0) is 18.4 Å². The van der Waals surface area contributed by atoms with Crippen LogP contribution in [0.3, 0.4) is 0 Å². The fraction of sp³-hybridized carbons (Fsp3) is 0.400. The lowest BCUT2D eigenvalue weighted by Crippen LogP contribution is -2.37. The molecule has 0 saturated heterocycles. The zero-order valence-electron chi connectivity index (χ0n) is 11.3. The van der Waals surface area contributed by atoms with Crippen LogP contribution in [0.2, 0.25) is 0 Å². The van der Waals surface area contributed by atoms with Crippen LogP contribution in [0.25, 0.3) is 0 Å². The van der Waals surface area contributed by atoms with E-state index in [9.17, 15) is 0 Å². The lowest BCUT2D eigenvalue weighted by molar-refractivity contribution is 0.478. The number of nitrogens with one attached hydrogen (secondary N) is 1. The summed E-state index contributed by atoms with van der Waals surface area (Å²) >= 11 is 1.70. The number of thiazole rings is 1. The minimum atomic E-state index is 0.136. The topological polar surface area (TPSA) is 50.9 Å². The molecule has 2 aromatic rings. The van der Waals surface area contributed by atoms with E-state index in [1.165, 1.54) is 5.56 Å². The first-order valence-corrected chi connectivity index (χ1v) is 7.59. The number of rotatable bonds is 7. The van der Waals surface area contributed by atoms with Crippen molar-refractivity contribution in [1.82, 2.24) is 10.3 Å². The van der Waals surface area contributed by atoms with E-state index >= 15 is 0 Å². The van der Waals surface area contributed by atoms with Gasteiger partial charge in [-0.25, -0.2) is 4.98 Å². The van der Waals surface area contributed by atoms with Gasteiger partial charge in [0, 0.05) is 24.2 Å². The van der Waals surface area contributed by atoms with E-state index in [-0.39, 0.29) is 6.04 Å². The van der Waals surface area contributed by atoms with Crippen LogP contribution >= 0.6 is 11.3 Å². The maximum absolute atomic E-state index is 6.18.